The third-order valence-electron chi connectivity index (χ3n) is 5.51. The highest BCUT2D eigenvalue weighted by Gasteiger charge is 2.49. The van der Waals surface area contributed by atoms with Gasteiger partial charge < -0.3 is 19.3 Å². The van der Waals surface area contributed by atoms with Gasteiger partial charge in [-0.25, -0.2) is 8.78 Å². The highest BCUT2D eigenvalue weighted by Crippen LogP contribution is 2.47. The Bertz CT molecular complexity index is 1030. The summed E-state index contributed by atoms with van der Waals surface area (Å²) in [7, 11) is 3.04. The minimum Gasteiger partial charge on any atom is -0.493 e. The van der Waals surface area contributed by atoms with Gasteiger partial charge in [0.25, 0.3) is 5.92 Å². The number of nitrogens with one attached hydrogen (secondary N) is 1. The fourth-order valence-corrected chi connectivity index (χ4v) is 4.31. The van der Waals surface area contributed by atoms with Crippen molar-refractivity contribution in [3.8, 4) is 11.5 Å². The molecule has 2 aromatic rings. The van der Waals surface area contributed by atoms with E-state index >= 15 is 0 Å². The summed E-state index contributed by atoms with van der Waals surface area (Å²) in [5, 5.41) is 14.3. The van der Waals surface area contributed by atoms with Gasteiger partial charge in [-0.1, -0.05) is 23.7 Å². The second-order valence-electron chi connectivity index (χ2n) is 7.63. The number of anilines is 1. The first-order valence-corrected chi connectivity index (χ1v) is 10.4. The molecule has 0 radical (unpaired) electrons. The molecule has 32 heavy (non-hydrogen) atoms. The number of ether oxygens (including phenoxy) is 3. The molecule has 0 spiro atoms. The van der Waals surface area contributed by atoms with Crippen molar-refractivity contribution in [3.63, 3.8) is 0 Å². The van der Waals surface area contributed by atoms with Crippen LogP contribution in [0.1, 0.15) is 30.6 Å². The fraction of sp³-hybridized carbons (Fsp3) is 0.409. The number of benzene rings is 2. The molecule has 3 atom stereocenters. The van der Waals surface area contributed by atoms with Gasteiger partial charge in [0.1, 0.15) is 12.2 Å². The number of halogens is 3. The van der Waals surface area contributed by atoms with Gasteiger partial charge in [-0.3, -0.25) is 10.3 Å². The van der Waals surface area contributed by atoms with E-state index in [9.17, 15) is 13.9 Å². The van der Waals surface area contributed by atoms with Crippen LogP contribution in [0.5, 0.6) is 11.5 Å². The molecule has 0 saturated heterocycles. The lowest BCUT2D eigenvalue weighted by molar-refractivity contribution is -0.0118. The van der Waals surface area contributed by atoms with E-state index in [0.717, 1.165) is 6.92 Å². The lowest BCUT2D eigenvalue weighted by atomic mass is 9.97. The summed E-state index contributed by atoms with van der Waals surface area (Å²) >= 11 is 6.32. The van der Waals surface area contributed by atoms with E-state index in [0.29, 0.717) is 33.3 Å². The number of fused-ring (bicyclic) bond motifs is 3. The van der Waals surface area contributed by atoms with Gasteiger partial charge in [-0.05, 0) is 24.3 Å². The first-order valence-electron chi connectivity index (χ1n) is 10.1. The number of para-hydroxylation sites is 1. The minimum atomic E-state index is -3.13. The van der Waals surface area contributed by atoms with Crippen LogP contribution < -0.4 is 19.8 Å². The first-order chi connectivity index (χ1) is 15.3. The molecule has 2 aromatic carbocycles. The van der Waals surface area contributed by atoms with Crippen LogP contribution in [0.3, 0.4) is 0 Å². The molecule has 10 heteroatoms. The summed E-state index contributed by atoms with van der Waals surface area (Å²) in [5.41, 5.74) is 4.20. The summed E-state index contributed by atoms with van der Waals surface area (Å²) in [5.74, 6) is -1.91. The van der Waals surface area contributed by atoms with Crippen molar-refractivity contribution < 1.29 is 28.1 Å². The van der Waals surface area contributed by atoms with Gasteiger partial charge in [-0.15, -0.1) is 0 Å². The summed E-state index contributed by atoms with van der Waals surface area (Å²) in [6.45, 7) is 0.609. The van der Waals surface area contributed by atoms with E-state index in [1.807, 2.05) is 6.07 Å². The molecule has 4 rings (SSSR count). The number of hydrogen-bond donors (Lipinski definition) is 2. The van der Waals surface area contributed by atoms with Crippen molar-refractivity contribution >= 4 is 23.1 Å². The second-order valence-corrected chi connectivity index (χ2v) is 8.07. The van der Waals surface area contributed by atoms with Crippen molar-refractivity contribution in [2.45, 2.75) is 37.6 Å². The van der Waals surface area contributed by atoms with E-state index in [-0.39, 0.29) is 18.9 Å². The molecule has 0 bridgehead atoms. The number of rotatable bonds is 6. The maximum Gasteiger partial charge on any atom is 0.285 e. The Balaban J connectivity index is 1.95. The third-order valence-corrected chi connectivity index (χ3v) is 5.75. The van der Waals surface area contributed by atoms with Crippen LogP contribution in [0.4, 0.5) is 14.5 Å². The maximum absolute atomic E-state index is 14.5. The number of methoxy groups -OCH3 is 2. The van der Waals surface area contributed by atoms with Gasteiger partial charge in [0, 0.05) is 36.1 Å². The molecular weight excluding hydrogens is 444 g/mol. The Kier molecular flexibility index (Phi) is 6.15. The zero-order valence-corrected chi connectivity index (χ0v) is 18.6. The lowest BCUT2D eigenvalue weighted by Gasteiger charge is -2.32. The molecule has 2 N–H and O–H groups in total. The Hall–Kier alpha value is -2.62. The minimum absolute atomic E-state index is 0.156. The smallest absolute Gasteiger partial charge is 0.285 e. The molecule has 7 nitrogen and oxygen atoms in total. The van der Waals surface area contributed by atoms with Crippen LogP contribution in [0.2, 0.25) is 5.02 Å². The van der Waals surface area contributed by atoms with Crippen molar-refractivity contribution in [2.75, 3.05) is 25.7 Å². The number of nitrogens with zero attached hydrogens (tertiary/aromatic N) is 2. The van der Waals surface area contributed by atoms with Gasteiger partial charge in [-0.2, -0.15) is 5.10 Å². The number of amidine groups is 1. The van der Waals surface area contributed by atoms with E-state index < -0.39 is 24.3 Å². The number of hydrogen-bond acceptors (Lipinski definition) is 7. The summed E-state index contributed by atoms with van der Waals surface area (Å²) in [6, 6.07) is 10.3. The average molecular weight is 468 g/mol. The molecule has 2 aliphatic heterocycles. The van der Waals surface area contributed by atoms with Crippen LogP contribution in [-0.2, 0) is 4.74 Å². The Morgan fingerprint density at radius 2 is 2.00 bits per heavy atom. The summed E-state index contributed by atoms with van der Waals surface area (Å²) in [6.07, 6.45) is -2.78. The van der Waals surface area contributed by atoms with Crippen LogP contribution in [0.25, 0.3) is 0 Å². The van der Waals surface area contributed by atoms with Crippen molar-refractivity contribution in [1.82, 2.24) is 5.43 Å². The second kappa shape index (κ2) is 8.73. The summed E-state index contributed by atoms with van der Waals surface area (Å²) in [4.78, 5) is 1.43. The molecule has 172 valence electrons. The molecule has 0 fully saturated rings. The highest BCUT2D eigenvalue weighted by atomic mass is 35.5. The molecule has 0 saturated carbocycles. The highest BCUT2D eigenvalue weighted by molar-refractivity contribution is 6.30. The van der Waals surface area contributed by atoms with E-state index in [4.69, 9.17) is 25.8 Å². The average Bonchev–Trinajstić information content (AvgIpc) is 3.16. The lowest BCUT2D eigenvalue weighted by Crippen LogP contribution is -2.53. The van der Waals surface area contributed by atoms with Crippen LogP contribution >= 0.6 is 11.6 Å². The molecule has 0 aliphatic carbocycles. The molecule has 2 heterocycles. The van der Waals surface area contributed by atoms with Gasteiger partial charge >= 0.3 is 0 Å². The zero-order valence-electron chi connectivity index (χ0n) is 17.8. The first kappa shape index (κ1) is 22.6. The SMILES string of the molecule is COc1cccc([C@H]2O[C@H](CCO)C3=NNC(C(C)(F)F)N3c3ccc(Cl)cc32)c1OC. The fourth-order valence-electron chi connectivity index (χ4n) is 4.13. The Labute approximate surface area is 189 Å². The largest absolute Gasteiger partial charge is 0.493 e. The van der Waals surface area contributed by atoms with Crippen LogP contribution in [-0.4, -0.2) is 50.0 Å². The Morgan fingerprint density at radius 3 is 2.66 bits per heavy atom. The Morgan fingerprint density at radius 1 is 1.22 bits per heavy atom. The standard InChI is InChI=1S/C22H24ClF2N3O4/c1-22(24,25)21-27-26-20-17(9-10-29)32-18(13-5-4-6-16(30-2)19(13)31-3)14-11-12(23)7-8-15(14)28(20)21/h4-8,11,17-18,21,27,29H,9-10H2,1-3H3/t17-,18-,21?/m1/s1. The quantitative estimate of drug-likeness (QED) is 0.670. The number of aliphatic hydroxyl groups is 1. The number of aliphatic hydroxyl groups excluding tert-OH is 1. The predicted molar refractivity (Wildman–Crippen MR) is 117 cm³/mol. The zero-order chi connectivity index (χ0) is 23.0. The predicted octanol–water partition coefficient (Wildman–Crippen LogP) is 3.93. The molecule has 0 amide bonds. The van der Waals surface area contributed by atoms with E-state index in [2.05, 4.69) is 10.5 Å². The topological polar surface area (TPSA) is 75.5 Å². The van der Waals surface area contributed by atoms with Crippen LogP contribution in [0, 0.1) is 0 Å². The molecule has 1 unspecified atom stereocenters. The van der Waals surface area contributed by atoms with Crippen molar-refractivity contribution in [2.24, 2.45) is 5.10 Å². The van der Waals surface area contributed by atoms with Gasteiger partial charge in [0.2, 0.25) is 0 Å². The number of alkyl halides is 2. The van der Waals surface area contributed by atoms with Gasteiger partial charge in [0.15, 0.2) is 23.5 Å². The van der Waals surface area contributed by atoms with Crippen LogP contribution in [0.15, 0.2) is 41.5 Å². The van der Waals surface area contributed by atoms with Gasteiger partial charge in [0.05, 0.1) is 19.9 Å². The van der Waals surface area contributed by atoms with Crippen molar-refractivity contribution in [1.29, 1.82) is 0 Å². The van der Waals surface area contributed by atoms with E-state index in [1.165, 1.54) is 19.1 Å². The third kappa shape index (κ3) is 3.85. The monoisotopic (exact) mass is 467 g/mol. The molecule has 2 aliphatic rings. The van der Waals surface area contributed by atoms with Crippen molar-refractivity contribution in [3.05, 3.63) is 52.5 Å². The molecule has 0 aromatic heterocycles. The summed E-state index contributed by atoms with van der Waals surface area (Å²) < 4.78 is 46.5. The maximum atomic E-state index is 14.5. The number of hydrazone groups is 1. The van der Waals surface area contributed by atoms with E-state index in [1.54, 1.807) is 30.3 Å². The normalized spacial score (nSPS) is 22.4. The molecular formula is C22H24ClF2N3O4.